The number of carbonyl (C=O) groups excluding carboxylic acids is 1. The maximum atomic E-state index is 13.3. The van der Waals surface area contributed by atoms with Crippen molar-refractivity contribution in [3.8, 4) is 0 Å². The van der Waals surface area contributed by atoms with Gasteiger partial charge < -0.3 is 9.80 Å². The lowest BCUT2D eigenvalue weighted by Gasteiger charge is -2.24. The monoisotopic (exact) mass is 405 g/mol. The smallest absolute Gasteiger partial charge is 0.261 e. The minimum absolute atomic E-state index is 0.0771. The number of hydrogen-bond donors (Lipinski definition) is 0. The first-order valence-electron chi connectivity index (χ1n) is 9.73. The van der Waals surface area contributed by atoms with Gasteiger partial charge in [-0.1, -0.05) is 11.6 Å². The second-order valence-electron chi connectivity index (χ2n) is 7.51. The number of aryl methyl sites for hydroxylation is 2. The fourth-order valence-corrected chi connectivity index (χ4v) is 3.89. The van der Waals surface area contributed by atoms with Crippen LogP contribution in [0.1, 0.15) is 34.3 Å². The third-order valence-corrected chi connectivity index (χ3v) is 5.67. The number of hydrogen-bond acceptors (Lipinski definition) is 5. The molecule has 5 rings (SSSR count). The molecule has 6 nitrogen and oxygen atoms in total. The van der Waals surface area contributed by atoms with Gasteiger partial charge in [-0.25, -0.2) is 9.97 Å². The summed E-state index contributed by atoms with van der Waals surface area (Å²) in [5, 5.41) is 0.410. The van der Waals surface area contributed by atoms with Crippen molar-refractivity contribution in [1.29, 1.82) is 0 Å². The summed E-state index contributed by atoms with van der Waals surface area (Å²) in [6, 6.07) is 9.87. The minimum Gasteiger partial charge on any atom is -0.308 e. The molecule has 1 saturated carbocycles. The molecule has 0 unspecified atom stereocenters. The number of nitrogens with zero attached hydrogens (tertiary/aromatic N) is 5. The molecule has 1 fully saturated rings. The van der Waals surface area contributed by atoms with Crippen molar-refractivity contribution in [3.05, 3.63) is 70.8 Å². The highest BCUT2D eigenvalue weighted by Crippen LogP contribution is 2.45. The Labute approximate surface area is 174 Å². The van der Waals surface area contributed by atoms with E-state index in [4.69, 9.17) is 16.6 Å². The molecule has 1 amide bonds. The molecule has 1 aliphatic heterocycles. The fourth-order valence-electron chi connectivity index (χ4n) is 3.75. The van der Waals surface area contributed by atoms with Gasteiger partial charge in [0.05, 0.1) is 11.3 Å². The Balaban J connectivity index is 1.55. The summed E-state index contributed by atoms with van der Waals surface area (Å²) >= 11 is 6.19. The highest BCUT2D eigenvalue weighted by Gasteiger charge is 2.39. The highest BCUT2D eigenvalue weighted by molar-refractivity contribution is 6.29. The van der Waals surface area contributed by atoms with E-state index in [-0.39, 0.29) is 5.91 Å². The van der Waals surface area contributed by atoms with Gasteiger partial charge in [-0.2, -0.15) is 0 Å². The van der Waals surface area contributed by atoms with Crippen LogP contribution in [0.25, 0.3) is 0 Å². The maximum Gasteiger partial charge on any atom is 0.261 e. The number of rotatable bonds is 4. The lowest BCUT2D eigenvalue weighted by molar-refractivity contribution is 0.0994. The van der Waals surface area contributed by atoms with E-state index >= 15 is 0 Å². The van der Waals surface area contributed by atoms with Gasteiger partial charge in [-0.05, 0) is 67.1 Å². The zero-order valence-electron chi connectivity index (χ0n) is 16.0. The minimum atomic E-state index is -0.0771. The van der Waals surface area contributed by atoms with Gasteiger partial charge in [-0.15, -0.1) is 0 Å². The highest BCUT2D eigenvalue weighted by atomic mass is 35.5. The summed E-state index contributed by atoms with van der Waals surface area (Å²) in [5.74, 6) is 1.30. The van der Waals surface area contributed by atoms with Crippen molar-refractivity contribution in [2.24, 2.45) is 0 Å². The van der Waals surface area contributed by atoms with Crippen molar-refractivity contribution in [3.63, 3.8) is 0 Å². The summed E-state index contributed by atoms with van der Waals surface area (Å²) in [6.07, 6.45) is 9.25. The van der Waals surface area contributed by atoms with Crippen molar-refractivity contribution >= 4 is 34.8 Å². The molecule has 0 aromatic carbocycles. The number of halogens is 1. The van der Waals surface area contributed by atoms with Crippen molar-refractivity contribution in [2.45, 2.75) is 31.7 Å². The van der Waals surface area contributed by atoms with Crippen LogP contribution in [0.3, 0.4) is 0 Å². The molecular formula is C22H20ClN5O. The van der Waals surface area contributed by atoms with Crippen LogP contribution in [0, 0.1) is 0 Å². The van der Waals surface area contributed by atoms with Gasteiger partial charge in [0.15, 0.2) is 5.82 Å². The van der Waals surface area contributed by atoms with E-state index in [1.54, 1.807) is 30.4 Å². The number of pyridine rings is 3. The van der Waals surface area contributed by atoms with Crippen LogP contribution in [0.5, 0.6) is 0 Å². The predicted molar refractivity (Wildman–Crippen MR) is 113 cm³/mol. The largest absolute Gasteiger partial charge is 0.308 e. The molecule has 0 spiro atoms. The topological polar surface area (TPSA) is 62.2 Å². The molecule has 0 bridgehead atoms. The lowest BCUT2D eigenvalue weighted by atomic mass is 10.0. The van der Waals surface area contributed by atoms with Gasteiger partial charge in [0.1, 0.15) is 11.0 Å². The van der Waals surface area contributed by atoms with Crippen LogP contribution in [-0.4, -0.2) is 33.9 Å². The zero-order valence-corrected chi connectivity index (χ0v) is 16.8. The van der Waals surface area contributed by atoms with Crippen LogP contribution < -0.4 is 9.80 Å². The Bertz CT molecular complexity index is 1080. The van der Waals surface area contributed by atoms with Crippen LogP contribution in [0.4, 0.5) is 17.3 Å². The SMILES string of the molecule is CN1C(=O)c2cc(CCc3ccncc3)cnc2N(C2CC2)c2nc(Cl)ccc21. The summed E-state index contributed by atoms with van der Waals surface area (Å²) in [4.78, 5) is 30.4. The molecule has 0 atom stereocenters. The average Bonchev–Trinajstić information content (AvgIpc) is 3.58. The third-order valence-electron chi connectivity index (χ3n) is 5.46. The van der Waals surface area contributed by atoms with Crippen LogP contribution >= 0.6 is 11.6 Å². The molecule has 4 heterocycles. The fraction of sp³-hybridized carbons (Fsp3) is 0.273. The van der Waals surface area contributed by atoms with Crippen molar-refractivity contribution in [2.75, 3.05) is 16.8 Å². The first kappa shape index (κ1) is 18.1. The Hall–Kier alpha value is -2.99. The molecule has 146 valence electrons. The van der Waals surface area contributed by atoms with Crippen molar-refractivity contribution < 1.29 is 4.79 Å². The zero-order chi connectivity index (χ0) is 20.0. The van der Waals surface area contributed by atoms with E-state index in [0.717, 1.165) is 36.9 Å². The number of fused-ring (bicyclic) bond motifs is 2. The Morgan fingerprint density at radius 2 is 1.83 bits per heavy atom. The number of carbonyl (C=O) groups is 1. The van der Waals surface area contributed by atoms with E-state index in [1.165, 1.54) is 5.56 Å². The normalized spacial score (nSPS) is 15.7. The Morgan fingerprint density at radius 1 is 1.07 bits per heavy atom. The van der Waals surface area contributed by atoms with Crippen LogP contribution in [-0.2, 0) is 12.8 Å². The van der Waals surface area contributed by atoms with Gasteiger partial charge in [0.2, 0.25) is 0 Å². The Morgan fingerprint density at radius 3 is 2.59 bits per heavy atom. The molecule has 0 saturated heterocycles. The molecule has 3 aromatic heterocycles. The first-order valence-corrected chi connectivity index (χ1v) is 10.1. The van der Waals surface area contributed by atoms with E-state index in [1.807, 2.05) is 30.5 Å². The molecular weight excluding hydrogens is 386 g/mol. The van der Waals surface area contributed by atoms with Gasteiger partial charge in [0, 0.05) is 31.7 Å². The second-order valence-corrected chi connectivity index (χ2v) is 7.90. The molecule has 3 aromatic rings. The summed E-state index contributed by atoms with van der Waals surface area (Å²) < 4.78 is 0. The molecule has 0 N–H and O–H groups in total. The number of aromatic nitrogens is 3. The lowest BCUT2D eigenvalue weighted by Crippen LogP contribution is -2.25. The van der Waals surface area contributed by atoms with Gasteiger partial charge in [0.25, 0.3) is 5.91 Å². The second kappa shape index (κ2) is 7.12. The number of amides is 1. The van der Waals surface area contributed by atoms with Crippen LogP contribution in [0.15, 0.2) is 48.9 Å². The quantitative estimate of drug-likeness (QED) is 0.609. The third kappa shape index (κ3) is 3.34. The predicted octanol–water partition coefficient (Wildman–Crippen LogP) is 4.20. The maximum absolute atomic E-state index is 13.3. The van der Waals surface area contributed by atoms with Crippen LogP contribution in [0.2, 0.25) is 5.15 Å². The first-order chi connectivity index (χ1) is 14.1. The molecule has 7 heteroatoms. The van der Waals surface area contributed by atoms with E-state index in [0.29, 0.717) is 28.4 Å². The van der Waals surface area contributed by atoms with E-state index in [9.17, 15) is 4.79 Å². The van der Waals surface area contributed by atoms with Gasteiger partial charge in [-0.3, -0.25) is 9.78 Å². The van der Waals surface area contributed by atoms with E-state index < -0.39 is 0 Å². The summed E-state index contributed by atoms with van der Waals surface area (Å²) in [5.41, 5.74) is 3.61. The summed E-state index contributed by atoms with van der Waals surface area (Å²) in [6.45, 7) is 0. The van der Waals surface area contributed by atoms with E-state index in [2.05, 4.69) is 14.9 Å². The molecule has 2 aliphatic rings. The summed E-state index contributed by atoms with van der Waals surface area (Å²) in [7, 11) is 1.78. The van der Waals surface area contributed by atoms with Gasteiger partial charge >= 0.3 is 0 Å². The average molecular weight is 406 g/mol. The molecule has 29 heavy (non-hydrogen) atoms. The number of anilines is 3. The van der Waals surface area contributed by atoms with Crippen molar-refractivity contribution in [1.82, 2.24) is 15.0 Å². The molecule has 0 radical (unpaired) electrons. The molecule has 1 aliphatic carbocycles. The standard InChI is InChI=1S/C22H20ClN5O/c1-27-18-6-7-19(23)26-21(18)28(16-4-5-16)20-17(22(27)29)12-15(13-25-20)3-2-14-8-10-24-11-9-14/h6-13,16H,2-5H2,1H3. The Kier molecular flexibility index (Phi) is 4.43.